The van der Waals surface area contributed by atoms with Gasteiger partial charge in [-0.05, 0) is 25.0 Å². The number of aryl methyl sites for hydroxylation is 2. The highest BCUT2D eigenvalue weighted by Gasteiger charge is 2.26. The molecule has 0 fully saturated rings. The fourth-order valence-electron chi connectivity index (χ4n) is 3.63. The minimum absolute atomic E-state index is 0.231. The summed E-state index contributed by atoms with van der Waals surface area (Å²) in [6.07, 6.45) is 2.66. The highest BCUT2D eigenvalue weighted by Crippen LogP contribution is 2.30. The van der Waals surface area contributed by atoms with Crippen molar-refractivity contribution in [3.63, 3.8) is 0 Å². The molecular formula is C19H23N5O2. The standard InChI is InChI=1S/C19H23N5O2/c1-3-4-11-24-17(25)15-16(21(2)19(24)26)20-18-22(12-8-13-23(15)18)14-9-6-5-7-10-14/h5-7,9-10H,3-4,8,11-13H2,1-2H3. The van der Waals surface area contributed by atoms with Gasteiger partial charge >= 0.3 is 5.69 Å². The van der Waals surface area contributed by atoms with Crippen LogP contribution in [0.2, 0.25) is 0 Å². The van der Waals surface area contributed by atoms with E-state index in [4.69, 9.17) is 4.98 Å². The first kappa shape index (κ1) is 16.6. The molecule has 136 valence electrons. The Labute approximate surface area is 151 Å². The molecule has 1 aliphatic heterocycles. The third-order valence-electron chi connectivity index (χ3n) is 5.02. The van der Waals surface area contributed by atoms with E-state index in [0.29, 0.717) is 17.7 Å². The minimum atomic E-state index is -0.294. The van der Waals surface area contributed by atoms with Crippen LogP contribution in [0.3, 0.4) is 0 Å². The zero-order chi connectivity index (χ0) is 18.3. The molecule has 0 aliphatic carbocycles. The Balaban J connectivity index is 1.96. The van der Waals surface area contributed by atoms with Crippen LogP contribution in [0.5, 0.6) is 0 Å². The molecule has 0 bridgehead atoms. The number of rotatable bonds is 4. The van der Waals surface area contributed by atoms with E-state index in [-0.39, 0.29) is 11.2 Å². The van der Waals surface area contributed by atoms with Gasteiger partial charge in [0.05, 0.1) is 0 Å². The van der Waals surface area contributed by atoms with Crippen LogP contribution < -0.4 is 16.1 Å². The largest absolute Gasteiger partial charge is 0.332 e. The minimum Gasteiger partial charge on any atom is -0.312 e. The third-order valence-corrected chi connectivity index (χ3v) is 5.02. The Morgan fingerprint density at radius 2 is 1.88 bits per heavy atom. The summed E-state index contributed by atoms with van der Waals surface area (Å²) in [5.41, 5.74) is 1.51. The van der Waals surface area contributed by atoms with Gasteiger partial charge in [-0.15, -0.1) is 0 Å². The zero-order valence-electron chi connectivity index (χ0n) is 15.2. The fourth-order valence-corrected chi connectivity index (χ4v) is 3.63. The molecule has 0 radical (unpaired) electrons. The van der Waals surface area contributed by atoms with Gasteiger partial charge in [-0.1, -0.05) is 31.5 Å². The van der Waals surface area contributed by atoms with Gasteiger partial charge in [-0.2, -0.15) is 4.98 Å². The summed E-state index contributed by atoms with van der Waals surface area (Å²) in [6.45, 7) is 4.06. The summed E-state index contributed by atoms with van der Waals surface area (Å²) in [4.78, 5) is 32.5. The van der Waals surface area contributed by atoms with E-state index in [1.165, 1.54) is 9.13 Å². The van der Waals surface area contributed by atoms with Gasteiger partial charge in [0.25, 0.3) is 5.56 Å². The van der Waals surface area contributed by atoms with Crippen LogP contribution in [0.25, 0.3) is 11.2 Å². The summed E-state index contributed by atoms with van der Waals surface area (Å²) in [5.74, 6) is 0.734. The number of benzene rings is 1. The lowest BCUT2D eigenvalue weighted by Crippen LogP contribution is -2.40. The van der Waals surface area contributed by atoms with Crippen LogP contribution in [0, 0.1) is 0 Å². The van der Waals surface area contributed by atoms with E-state index in [2.05, 4.69) is 4.90 Å². The maximum Gasteiger partial charge on any atom is 0.332 e. The van der Waals surface area contributed by atoms with Gasteiger partial charge in [0.2, 0.25) is 5.95 Å². The molecule has 0 saturated carbocycles. The smallest absolute Gasteiger partial charge is 0.312 e. The van der Waals surface area contributed by atoms with Crippen molar-refractivity contribution in [1.82, 2.24) is 18.7 Å². The van der Waals surface area contributed by atoms with E-state index in [9.17, 15) is 9.59 Å². The second kappa shape index (κ2) is 6.48. The molecule has 7 nitrogen and oxygen atoms in total. The average Bonchev–Trinajstić information content (AvgIpc) is 3.07. The van der Waals surface area contributed by atoms with E-state index >= 15 is 0 Å². The molecule has 0 amide bonds. The molecule has 0 saturated heterocycles. The van der Waals surface area contributed by atoms with Gasteiger partial charge in [0.15, 0.2) is 11.2 Å². The van der Waals surface area contributed by atoms with E-state index < -0.39 is 0 Å². The number of hydrogen-bond donors (Lipinski definition) is 0. The van der Waals surface area contributed by atoms with Crippen LogP contribution in [-0.2, 0) is 20.1 Å². The predicted molar refractivity (Wildman–Crippen MR) is 102 cm³/mol. The van der Waals surface area contributed by atoms with Crippen LogP contribution in [0.1, 0.15) is 26.2 Å². The van der Waals surface area contributed by atoms with Gasteiger partial charge in [0.1, 0.15) is 0 Å². The van der Waals surface area contributed by atoms with Crippen LogP contribution in [0.15, 0.2) is 39.9 Å². The van der Waals surface area contributed by atoms with Gasteiger partial charge in [-0.3, -0.25) is 13.9 Å². The third kappa shape index (κ3) is 2.46. The first-order chi connectivity index (χ1) is 12.6. The lowest BCUT2D eigenvalue weighted by Gasteiger charge is -2.28. The van der Waals surface area contributed by atoms with Crippen molar-refractivity contribution in [2.45, 2.75) is 39.3 Å². The molecule has 0 unspecified atom stereocenters. The molecule has 1 aliphatic rings. The Morgan fingerprint density at radius 1 is 1.12 bits per heavy atom. The lowest BCUT2D eigenvalue weighted by molar-refractivity contribution is 0.560. The number of hydrogen-bond acceptors (Lipinski definition) is 4. The molecule has 3 heterocycles. The highest BCUT2D eigenvalue weighted by atomic mass is 16.2. The summed E-state index contributed by atoms with van der Waals surface area (Å²) in [7, 11) is 1.69. The highest BCUT2D eigenvalue weighted by molar-refractivity contribution is 5.77. The van der Waals surface area contributed by atoms with Crippen molar-refractivity contribution >= 4 is 22.8 Å². The average molecular weight is 353 g/mol. The van der Waals surface area contributed by atoms with E-state index in [1.807, 2.05) is 41.8 Å². The molecule has 0 N–H and O–H groups in total. The number of anilines is 2. The molecule has 0 spiro atoms. The molecule has 3 aromatic rings. The second-order valence-electron chi connectivity index (χ2n) is 6.73. The fraction of sp³-hybridized carbons (Fsp3) is 0.421. The molecule has 1 aromatic carbocycles. The van der Waals surface area contributed by atoms with Crippen LogP contribution >= 0.6 is 0 Å². The zero-order valence-corrected chi connectivity index (χ0v) is 15.2. The Morgan fingerprint density at radius 3 is 2.62 bits per heavy atom. The molecule has 2 aromatic heterocycles. The van der Waals surface area contributed by atoms with Crippen molar-refractivity contribution in [1.29, 1.82) is 0 Å². The monoisotopic (exact) mass is 353 g/mol. The maximum atomic E-state index is 13.1. The Kier molecular flexibility index (Phi) is 4.14. The first-order valence-electron chi connectivity index (χ1n) is 9.16. The Bertz CT molecular complexity index is 1060. The van der Waals surface area contributed by atoms with Crippen LogP contribution in [0.4, 0.5) is 11.6 Å². The summed E-state index contributed by atoms with van der Waals surface area (Å²) < 4.78 is 4.82. The SMILES string of the molecule is CCCCn1c(=O)c2c(nc3n2CCCN3c2ccccc2)n(C)c1=O. The number of imidazole rings is 1. The van der Waals surface area contributed by atoms with E-state index in [1.54, 1.807) is 7.05 Å². The number of aromatic nitrogens is 4. The second-order valence-corrected chi connectivity index (χ2v) is 6.73. The maximum absolute atomic E-state index is 13.1. The van der Waals surface area contributed by atoms with Crippen molar-refractivity contribution in [3.05, 3.63) is 51.2 Å². The van der Waals surface area contributed by atoms with Crippen molar-refractivity contribution in [2.75, 3.05) is 11.4 Å². The van der Waals surface area contributed by atoms with Crippen molar-refractivity contribution in [3.8, 4) is 0 Å². The van der Waals surface area contributed by atoms with Crippen LogP contribution in [-0.4, -0.2) is 25.2 Å². The Hall–Kier alpha value is -2.83. The van der Waals surface area contributed by atoms with Crippen molar-refractivity contribution < 1.29 is 0 Å². The number of para-hydroxylation sites is 1. The predicted octanol–water partition coefficient (Wildman–Crippen LogP) is 2.24. The van der Waals surface area contributed by atoms with Gasteiger partial charge < -0.3 is 9.47 Å². The quantitative estimate of drug-likeness (QED) is 0.721. The molecule has 7 heteroatoms. The topological polar surface area (TPSA) is 65.1 Å². The van der Waals surface area contributed by atoms with E-state index in [0.717, 1.165) is 44.0 Å². The first-order valence-corrected chi connectivity index (χ1v) is 9.16. The summed E-state index contributed by atoms with van der Waals surface area (Å²) in [5, 5.41) is 0. The normalized spacial score (nSPS) is 14.0. The van der Waals surface area contributed by atoms with Crippen molar-refractivity contribution in [2.24, 2.45) is 7.05 Å². The lowest BCUT2D eigenvalue weighted by atomic mass is 10.2. The van der Waals surface area contributed by atoms with Gasteiger partial charge in [-0.25, -0.2) is 4.79 Å². The molecule has 4 rings (SSSR count). The number of nitrogens with zero attached hydrogens (tertiary/aromatic N) is 5. The summed E-state index contributed by atoms with van der Waals surface area (Å²) >= 11 is 0. The summed E-state index contributed by atoms with van der Waals surface area (Å²) in [6, 6.07) is 10.0. The number of unbranched alkanes of at least 4 members (excludes halogenated alkanes) is 1. The molecule has 0 atom stereocenters. The van der Waals surface area contributed by atoms with Gasteiger partial charge in [0, 0.05) is 32.4 Å². The molecule has 26 heavy (non-hydrogen) atoms. The number of fused-ring (bicyclic) bond motifs is 3. The molecular weight excluding hydrogens is 330 g/mol.